The molecule has 0 aromatic heterocycles. The summed E-state index contributed by atoms with van der Waals surface area (Å²) < 4.78 is 17.0. The number of ether oxygens (including phenoxy) is 3. The number of hydrogen-bond acceptors (Lipinski definition) is 4. The smallest absolute Gasteiger partial charge is 0.175 e. The number of benzene rings is 1. The number of aliphatic hydroxyl groups is 1. The third-order valence-electron chi connectivity index (χ3n) is 2.25. The third-order valence-corrected chi connectivity index (χ3v) is 2.84. The summed E-state index contributed by atoms with van der Waals surface area (Å²) >= 11 is 3.40. The Kier molecular flexibility index (Phi) is 6.46. The fraction of sp³-hybridized carbons (Fsp3) is 0.538. The van der Waals surface area contributed by atoms with E-state index >= 15 is 0 Å². The van der Waals surface area contributed by atoms with Crippen molar-refractivity contribution >= 4 is 15.9 Å². The van der Waals surface area contributed by atoms with Crippen molar-refractivity contribution in [2.24, 2.45) is 0 Å². The minimum Gasteiger partial charge on any atom is -0.493 e. The van der Waals surface area contributed by atoms with Crippen LogP contribution in [0.2, 0.25) is 0 Å². The average Bonchev–Trinajstić information content (AvgIpc) is 2.34. The van der Waals surface area contributed by atoms with E-state index in [1.165, 1.54) is 0 Å². The Bertz CT molecular complexity index is 379. The van der Waals surface area contributed by atoms with Gasteiger partial charge in [0.25, 0.3) is 0 Å². The number of rotatable bonds is 7. The molecule has 1 aromatic rings. The Morgan fingerprint density at radius 3 is 2.56 bits per heavy atom. The second kappa shape index (κ2) is 7.61. The van der Waals surface area contributed by atoms with Crippen LogP contribution in [0.1, 0.15) is 19.4 Å². The predicted molar refractivity (Wildman–Crippen MR) is 73.2 cm³/mol. The van der Waals surface area contributed by atoms with Gasteiger partial charge in [-0.2, -0.15) is 0 Å². The molecule has 5 heteroatoms. The Morgan fingerprint density at radius 1 is 1.28 bits per heavy atom. The second-order valence-corrected chi connectivity index (χ2v) is 4.89. The summed E-state index contributed by atoms with van der Waals surface area (Å²) in [4.78, 5) is 0. The highest BCUT2D eigenvalue weighted by molar-refractivity contribution is 9.10. The van der Waals surface area contributed by atoms with Gasteiger partial charge in [0.15, 0.2) is 11.5 Å². The zero-order valence-electron chi connectivity index (χ0n) is 10.9. The highest BCUT2D eigenvalue weighted by Gasteiger charge is 2.11. The topological polar surface area (TPSA) is 47.9 Å². The van der Waals surface area contributed by atoms with E-state index in [1.807, 2.05) is 13.8 Å². The molecule has 1 aromatic carbocycles. The van der Waals surface area contributed by atoms with Crippen molar-refractivity contribution in [1.82, 2.24) is 0 Å². The van der Waals surface area contributed by atoms with E-state index in [2.05, 4.69) is 15.9 Å². The van der Waals surface area contributed by atoms with Crippen LogP contribution < -0.4 is 9.47 Å². The van der Waals surface area contributed by atoms with Crippen LogP contribution in [-0.2, 0) is 11.3 Å². The van der Waals surface area contributed by atoms with Crippen LogP contribution in [0, 0.1) is 0 Å². The van der Waals surface area contributed by atoms with Crippen molar-refractivity contribution in [1.29, 1.82) is 0 Å². The normalized spacial score (nSPS) is 10.8. The molecule has 0 saturated heterocycles. The van der Waals surface area contributed by atoms with Gasteiger partial charge in [-0.25, -0.2) is 0 Å². The highest BCUT2D eigenvalue weighted by Crippen LogP contribution is 2.36. The molecule has 18 heavy (non-hydrogen) atoms. The fourth-order valence-electron chi connectivity index (χ4n) is 1.43. The first-order chi connectivity index (χ1) is 8.58. The van der Waals surface area contributed by atoms with Crippen LogP contribution in [0.25, 0.3) is 0 Å². The van der Waals surface area contributed by atoms with E-state index in [-0.39, 0.29) is 12.7 Å². The minimum atomic E-state index is -0.0360. The standard InChI is InChI=1S/C13H19BrO4/c1-9(2)17-4-5-18-13-11(14)6-10(8-15)7-12(13)16-3/h6-7,9,15H,4-5,8H2,1-3H3. The molecule has 0 saturated carbocycles. The molecule has 0 atom stereocenters. The van der Waals surface area contributed by atoms with Gasteiger partial charge in [0.05, 0.1) is 30.9 Å². The molecule has 4 nitrogen and oxygen atoms in total. The van der Waals surface area contributed by atoms with Gasteiger partial charge >= 0.3 is 0 Å². The van der Waals surface area contributed by atoms with E-state index in [9.17, 15) is 0 Å². The SMILES string of the molecule is COc1cc(CO)cc(Br)c1OCCOC(C)C. The van der Waals surface area contributed by atoms with Gasteiger partial charge in [0, 0.05) is 0 Å². The molecule has 0 aliphatic heterocycles. The quantitative estimate of drug-likeness (QED) is 0.785. The number of aliphatic hydroxyl groups excluding tert-OH is 1. The van der Waals surface area contributed by atoms with Gasteiger partial charge in [0.1, 0.15) is 6.61 Å². The predicted octanol–water partition coefficient (Wildman–Crippen LogP) is 2.75. The van der Waals surface area contributed by atoms with Crippen molar-refractivity contribution in [2.45, 2.75) is 26.6 Å². The first-order valence-corrected chi connectivity index (χ1v) is 6.59. The van der Waals surface area contributed by atoms with Gasteiger partial charge in [-0.15, -0.1) is 0 Å². The van der Waals surface area contributed by atoms with Crippen LogP contribution in [0.4, 0.5) is 0 Å². The molecule has 0 bridgehead atoms. The zero-order valence-corrected chi connectivity index (χ0v) is 12.5. The highest BCUT2D eigenvalue weighted by atomic mass is 79.9. The van der Waals surface area contributed by atoms with Crippen molar-refractivity contribution in [2.75, 3.05) is 20.3 Å². The molecule has 0 unspecified atom stereocenters. The largest absolute Gasteiger partial charge is 0.493 e. The molecule has 0 heterocycles. The monoisotopic (exact) mass is 318 g/mol. The van der Waals surface area contributed by atoms with Gasteiger partial charge < -0.3 is 19.3 Å². The maximum atomic E-state index is 9.11. The maximum absolute atomic E-state index is 9.11. The molecule has 0 radical (unpaired) electrons. The van der Waals surface area contributed by atoms with Crippen LogP contribution in [0.15, 0.2) is 16.6 Å². The van der Waals surface area contributed by atoms with Gasteiger partial charge in [0.2, 0.25) is 0 Å². The van der Waals surface area contributed by atoms with E-state index in [0.29, 0.717) is 24.7 Å². The lowest BCUT2D eigenvalue weighted by molar-refractivity contribution is 0.0545. The Morgan fingerprint density at radius 2 is 2.00 bits per heavy atom. The molecule has 1 rings (SSSR count). The van der Waals surface area contributed by atoms with Crippen LogP contribution in [-0.4, -0.2) is 31.5 Å². The zero-order chi connectivity index (χ0) is 13.5. The summed E-state index contributed by atoms with van der Waals surface area (Å²) in [6.45, 7) is 4.89. The number of methoxy groups -OCH3 is 1. The molecule has 0 spiro atoms. The third kappa shape index (κ3) is 4.48. The molecular formula is C13H19BrO4. The average molecular weight is 319 g/mol. The van der Waals surface area contributed by atoms with E-state index < -0.39 is 0 Å². The van der Waals surface area contributed by atoms with E-state index in [4.69, 9.17) is 19.3 Å². The molecule has 0 aliphatic carbocycles. The van der Waals surface area contributed by atoms with E-state index in [1.54, 1.807) is 19.2 Å². The maximum Gasteiger partial charge on any atom is 0.175 e. The van der Waals surface area contributed by atoms with Crippen molar-refractivity contribution in [3.63, 3.8) is 0 Å². The lowest BCUT2D eigenvalue weighted by Crippen LogP contribution is -2.12. The summed E-state index contributed by atoms with van der Waals surface area (Å²) in [5.74, 6) is 1.22. The van der Waals surface area contributed by atoms with Gasteiger partial charge in [-0.05, 0) is 47.5 Å². The number of halogens is 1. The molecule has 0 aliphatic rings. The van der Waals surface area contributed by atoms with Crippen molar-refractivity contribution in [3.05, 3.63) is 22.2 Å². The summed E-state index contributed by atoms with van der Waals surface area (Å²) in [6, 6.07) is 3.56. The second-order valence-electron chi connectivity index (χ2n) is 4.04. The first kappa shape index (κ1) is 15.3. The molecule has 1 N–H and O–H groups in total. The fourth-order valence-corrected chi connectivity index (χ4v) is 2.04. The van der Waals surface area contributed by atoms with Gasteiger partial charge in [-0.1, -0.05) is 0 Å². The lowest BCUT2D eigenvalue weighted by Gasteiger charge is -2.14. The van der Waals surface area contributed by atoms with Crippen molar-refractivity contribution in [3.8, 4) is 11.5 Å². The van der Waals surface area contributed by atoms with Crippen LogP contribution in [0.5, 0.6) is 11.5 Å². The van der Waals surface area contributed by atoms with Crippen molar-refractivity contribution < 1.29 is 19.3 Å². The summed E-state index contributed by atoms with van der Waals surface area (Å²) in [5.41, 5.74) is 0.768. The first-order valence-electron chi connectivity index (χ1n) is 5.80. The number of hydrogen-bond donors (Lipinski definition) is 1. The van der Waals surface area contributed by atoms with Gasteiger partial charge in [-0.3, -0.25) is 0 Å². The Labute approximate surface area is 116 Å². The van der Waals surface area contributed by atoms with Crippen LogP contribution in [0.3, 0.4) is 0 Å². The molecule has 0 amide bonds. The Balaban J connectivity index is 2.69. The molecule has 102 valence electrons. The summed E-state index contributed by atoms with van der Waals surface area (Å²) in [5, 5.41) is 9.11. The molecular weight excluding hydrogens is 300 g/mol. The lowest BCUT2D eigenvalue weighted by atomic mass is 10.2. The summed E-state index contributed by atoms with van der Waals surface area (Å²) in [6.07, 6.45) is 0.190. The van der Waals surface area contributed by atoms with Crippen LogP contribution >= 0.6 is 15.9 Å². The Hall–Kier alpha value is -0.780. The molecule has 0 fully saturated rings. The van der Waals surface area contributed by atoms with E-state index in [0.717, 1.165) is 10.0 Å². The minimum absolute atomic E-state index is 0.0360. The summed E-state index contributed by atoms with van der Waals surface area (Å²) in [7, 11) is 1.57.